The Morgan fingerprint density at radius 3 is 2.52 bits per heavy atom. The minimum absolute atomic E-state index is 0.0468. The summed E-state index contributed by atoms with van der Waals surface area (Å²) in [6.45, 7) is 5.63. The summed E-state index contributed by atoms with van der Waals surface area (Å²) >= 11 is 1.42. The first kappa shape index (κ1) is 29.1. The van der Waals surface area contributed by atoms with Gasteiger partial charge in [-0.05, 0) is 55.3 Å². The SMILES string of the molecule is CCC(=O)N1CC[C@@H](Nc2nn(Cc3ccc(OC)cc3)c3nccc(Oc4ccc(C(=O)Nc5ncc(C)s5)cc4)c23)C1. The Labute approximate surface area is 258 Å². The van der Waals surface area contributed by atoms with Crippen LogP contribution in [0.2, 0.25) is 0 Å². The number of nitrogens with zero attached hydrogens (tertiary/aromatic N) is 5. The van der Waals surface area contributed by atoms with E-state index in [9.17, 15) is 9.59 Å². The summed E-state index contributed by atoms with van der Waals surface area (Å²) in [5.41, 5.74) is 2.19. The molecule has 3 aromatic heterocycles. The first-order chi connectivity index (χ1) is 21.4. The zero-order valence-corrected chi connectivity index (χ0v) is 25.6. The number of aryl methyl sites for hydroxylation is 1. The molecule has 2 N–H and O–H groups in total. The number of methoxy groups -OCH3 is 1. The number of likely N-dealkylation sites (tertiary alicyclic amines) is 1. The van der Waals surface area contributed by atoms with Crippen molar-refractivity contribution in [3.8, 4) is 17.2 Å². The minimum Gasteiger partial charge on any atom is -0.497 e. The molecule has 11 nitrogen and oxygen atoms in total. The molecule has 0 unspecified atom stereocenters. The number of pyridine rings is 1. The van der Waals surface area contributed by atoms with Crippen molar-refractivity contribution in [3.05, 3.63) is 83.0 Å². The number of hydrogen-bond donors (Lipinski definition) is 2. The van der Waals surface area contributed by atoms with E-state index in [1.165, 1.54) is 11.3 Å². The number of benzene rings is 2. The van der Waals surface area contributed by atoms with Gasteiger partial charge in [-0.3, -0.25) is 14.9 Å². The fourth-order valence-electron chi connectivity index (χ4n) is 5.17. The third kappa shape index (κ3) is 6.35. The second-order valence-electron chi connectivity index (χ2n) is 10.5. The first-order valence-corrected chi connectivity index (χ1v) is 15.3. The van der Waals surface area contributed by atoms with Crippen LogP contribution in [0.3, 0.4) is 0 Å². The molecule has 1 saturated heterocycles. The molecule has 4 heterocycles. The maximum atomic E-state index is 12.7. The van der Waals surface area contributed by atoms with Gasteiger partial charge in [0.05, 0.1) is 13.7 Å². The molecule has 6 rings (SSSR count). The quantitative estimate of drug-likeness (QED) is 0.206. The first-order valence-electron chi connectivity index (χ1n) is 14.4. The van der Waals surface area contributed by atoms with E-state index in [2.05, 4.69) is 20.6 Å². The van der Waals surface area contributed by atoms with Crippen LogP contribution in [0.25, 0.3) is 11.0 Å². The van der Waals surface area contributed by atoms with Gasteiger partial charge in [0.25, 0.3) is 5.91 Å². The van der Waals surface area contributed by atoms with Crippen molar-refractivity contribution in [1.29, 1.82) is 0 Å². The maximum absolute atomic E-state index is 12.7. The largest absolute Gasteiger partial charge is 0.497 e. The number of aromatic nitrogens is 4. The number of thiazole rings is 1. The number of rotatable bonds is 10. The van der Waals surface area contributed by atoms with E-state index in [4.69, 9.17) is 14.6 Å². The highest BCUT2D eigenvalue weighted by atomic mass is 32.1. The van der Waals surface area contributed by atoms with Crippen molar-refractivity contribution in [1.82, 2.24) is 24.6 Å². The van der Waals surface area contributed by atoms with Crippen LogP contribution in [-0.4, -0.2) is 62.7 Å². The van der Waals surface area contributed by atoms with Crippen LogP contribution in [0.1, 0.15) is 40.6 Å². The van der Waals surface area contributed by atoms with Gasteiger partial charge in [0.15, 0.2) is 16.6 Å². The van der Waals surface area contributed by atoms with Crippen LogP contribution < -0.4 is 20.1 Å². The van der Waals surface area contributed by atoms with Gasteiger partial charge >= 0.3 is 0 Å². The molecule has 0 saturated carbocycles. The molecule has 1 atom stereocenters. The lowest BCUT2D eigenvalue weighted by molar-refractivity contribution is -0.129. The number of hydrogen-bond acceptors (Lipinski definition) is 9. The molecule has 2 amide bonds. The van der Waals surface area contributed by atoms with Crippen LogP contribution in [0.5, 0.6) is 17.2 Å². The summed E-state index contributed by atoms with van der Waals surface area (Å²) in [5.74, 6) is 2.47. The van der Waals surface area contributed by atoms with Crippen LogP contribution in [0.15, 0.2) is 67.0 Å². The Bertz CT molecular complexity index is 1780. The molecule has 0 bridgehead atoms. The van der Waals surface area contributed by atoms with Crippen LogP contribution in [0.4, 0.5) is 10.9 Å². The molecule has 0 radical (unpaired) electrons. The Morgan fingerprint density at radius 1 is 1.05 bits per heavy atom. The van der Waals surface area contributed by atoms with Gasteiger partial charge in [-0.15, -0.1) is 11.3 Å². The van der Waals surface area contributed by atoms with Gasteiger partial charge in [-0.2, -0.15) is 5.10 Å². The van der Waals surface area contributed by atoms with Crippen LogP contribution >= 0.6 is 11.3 Å². The molecule has 1 aliphatic rings. The fraction of sp³-hybridized carbons (Fsp3) is 0.281. The van der Waals surface area contributed by atoms with Gasteiger partial charge in [0.2, 0.25) is 5.91 Å². The van der Waals surface area contributed by atoms with Crippen molar-refractivity contribution < 1.29 is 19.1 Å². The second kappa shape index (κ2) is 12.7. The minimum atomic E-state index is -0.240. The van der Waals surface area contributed by atoms with E-state index in [-0.39, 0.29) is 17.9 Å². The van der Waals surface area contributed by atoms with Gasteiger partial charge in [0.1, 0.15) is 22.6 Å². The van der Waals surface area contributed by atoms with E-state index in [1.807, 2.05) is 47.7 Å². The van der Waals surface area contributed by atoms with E-state index >= 15 is 0 Å². The lowest BCUT2D eigenvalue weighted by Gasteiger charge is -2.16. The summed E-state index contributed by atoms with van der Waals surface area (Å²) in [6.07, 6.45) is 4.73. The van der Waals surface area contributed by atoms with E-state index in [1.54, 1.807) is 49.8 Å². The number of anilines is 2. The van der Waals surface area contributed by atoms with E-state index in [0.29, 0.717) is 59.7 Å². The maximum Gasteiger partial charge on any atom is 0.257 e. The summed E-state index contributed by atoms with van der Waals surface area (Å²) in [6, 6.07) is 16.6. The van der Waals surface area contributed by atoms with Gasteiger partial charge in [0, 0.05) is 54.5 Å². The number of nitrogens with one attached hydrogen (secondary N) is 2. The van der Waals surface area contributed by atoms with Crippen molar-refractivity contribution in [2.24, 2.45) is 0 Å². The smallest absolute Gasteiger partial charge is 0.257 e. The molecule has 5 aromatic rings. The molecule has 0 spiro atoms. The van der Waals surface area contributed by atoms with Crippen LogP contribution in [-0.2, 0) is 11.3 Å². The summed E-state index contributed by atoms with van der Waals surface area (Å²) in [4.78, 5) is 36.8. The molecular weight excluding hydrogens is 578 g/mol. The Hall–Kier alpha value is -4.97. The monoisotopic (exact) mass is 611 g/mol. The molecular formula is C32H33N7O4S. The Morgan fingerprint density at radius 2 is 1.82 bits per heavy atom. The zero-order chi connectivity index (χ0) is 30.6. The van der Waals surface area contributed by atoms with Crippen LogP contribution in [0, 0.1) is 6.92 Å². The lowest BCUT2D eigenvalue weighted by Crippen LogP contribution is -2.31. The van der Waals surface area contributed by atoms with E-state index < -0.39 is 0 Å². The van der Waals surface area contributed by atoms with Gasteiger partial charge in [-0.25, -0.2) is 14.6 Å². The average Bonchev–Trinajstić information content (AvgIpc) is 3.77. The fourth-order valence-corrected chi connectivity index (χ4v) is 5.83. The topological polar surface area (TPSA) is 124 Å². The highest BCUT2D eigenvalue weighted by molar-refractivity contribution is 7.15. The number of carbonyl (C=O) groups is 2. The standard InChI is InChI=1S/C32H33N7O4S/c1-4-27(40)38-16-14-23(19-38)35-29-28-26(13-15-33-30(28)39(37-29)18-21-5-9-24(42-3)10-6-21)43-25-11-7-22(8-12-25)31(41)36-32-34-17-20(2)44-32/h5-13,15,17,23H,4,14,16,18-19H2,1-3H3,(H,35,37)(H,34,36,41)/t23-/m1/s1. The number of amides is 2. The number of carbonyl (C=O) groups excluding carboxylic acids is 2. The third-order valence-electron chi connectivity index (χ3n) is 7.46. The lowest BCUT2D eigenvalue weighted by atomic mass is 10.2. The highest BCUT2D eigenvalue weighted by Crippen LogP contribution is 2.35. The molecule has 12 heteroatoms. The summed E-state index contributed by atoms with van der Waals surface area (Å²) in [7, 11) is 1.64. The molecule has 1 aliphatic heterocycles. The zero-order valence-electron chi connectivity index (χ0n) is 24.7. The number of ether oxygens (including phenoxy) is 2. The van der Waals surface area contributed by atoms with Crippen molar-refractivity contribution in [3.63, 3.8) is 0 Å². The summed E-state index contributed by atoms with van der Waals surface area (Å²) in [5, 5.41) is 12.6. The third-order valence-corrected chi connectivity index (χ3v) is 8.28. The molecule has 226 valence electrons. The Balaban J connectivity index is 1.28. The van der Waals surface area contributed by atoms with Crippen molar-refractivity contribution in [2.45, 2.75) is 39.3 Å². The predicted octanol–water partition coefficient (Wildman–Crippen LogP) is 5.72. The van der Waals surface area contributed by atoms with Crippen molar-refractivity contribution >= 4 is 45.1 Å². The number of fused-ring (bicyclic) bond motifs is 1. The second-order valence-corrected chi connectivity index (χ2v) is 11.8. The van der Waals surface area contributed by atoms with Gasteiger partial charge in [-0.1, -0.05) is 19.1 Å². The Kier molecular flexibility index (Phi) is 8.42. The predicted molar refractivity (Wildman–Crippen MR) is 170 cm³/mol. The average molecular weight is 612 g/mol. The van der Waals surface area contributed by atoms with E-state index in [0.717, 1.165) is 28.0 Å². The summed E-state index contributed by atoms with van der Waals surface area (Å²) < 4.78 is 13.5. The molecule has 1 fully saturated rings. The van der Waals surface area contributed by atoms with Crippen molar-refractivity contribution in [2.75, 3.05) is 30.8 Å². The molecule has 2 aromatic carbocycles. The normalized spacial score (nSPS) is 14.5. The molecule has 0 aliphatic carbocycles. The van der Waals surface area contributed by atoms with Gasteiger partial charge < -0.3 is 19.7 Å². The molecule has 44 heavy (non-hydrogen) atoms. The highest BCUT2D eigenvalue weighted by Gasteiger charge is 2.27.